The van der Waals surface area contributed by atoms with Crippen LogP contribution >= 0.6 is 0 Å². The Morgan fingerprint density at radius 3 is 2.79 bits per heavy atom. The first-order chi connectivity index (χ1) is 6.72. The molecule has 1 saturated carbocycles. The van der Waals surface area contributed by atoms with Crippen LogP contribution in [0.2, 0.25) is 0 Å². The Hall–Kier alpha value is -0.570. The fraction of sp³-hybridized carbons (Fsp3) is 0.909. The maximum atomic E-state index is 11.3. The molecule has 0 heterocycles. The lowest BCUT2D eigenvalue weighted by molar-refractivity contribution is -0.121. The maximum absolute atomic E-state index is 11.3. The van der Waals surface area contributed by atoms with Gasteiger partial charge in [-0.25, -0.2) is 0 Å². The highest BCUT2D eigenvalue weighted by atomic mass is 16.1. The van der Waals surface area contributed by atoms with Gasteiger partial charge in [-0.15, -0.1) is 0 Å². The van der Waals surface area contributed by atoms with E-state index in [1.165, 1.54) is 19.3 Å². The Labute approximate surface area is 86.4 Å². The number of hydrogen-bond donors (Lipinski definition) is 2. The summed E-state index contributed by atoms with van der Waals surface area (Å²) in [7, 11) is 0. The van der Waals surface area contributed by atoms with Crippen LogP contribution in [-0.4, -0.2) is 18.5 Å². The molecule has 0 aliphatic heterocycles. The molecule has 1 aliphatic rings. The number of carbonyl (C=O) groups is 1. The number of nitrogens with two attached hydrogens (primary N) is 1. The van der Waals surface area contributed by atoms with Gasteiger partial charge in [0.05, 0.1) is 0 Å². The van der Waals surface area contributed by atoms with Crippen molar-refractivity contribution in [3.05, 3.63) is 0 Å². The van der Waals surface area contributed by atoms with Crippen molar-refractivity contribution in [2.45, 2.75) is 51.5 Å². The standard InChI is InChI=1S/C11H22N2O/c1-2-10(12)8-11(14)13-7-6-9-4-3-5-9/h9-10H,2-8,12H2,1H3,(H,13,14). The van der Waals surface area contributed by atoms with Crippen LogP contribution in [0.25, 0.3) is 0 Å². The number of hydrogen-bond acceptors (Lipinski definition) is 2. The Balaban J connectivity index is 1.96. The summed E-state index contributed by atoms with van der Waals surface area (Å²) in [5.74, 6) is 0.980. The molecule has 0 aromatic rings. The van der Waals surface area contributed by atoms with E-state index in [2.05, 4.69) is 5.32 Å². The summed E-state index contributed by atoms with van der Waals surface area (Å²) in [6.45, 7) is 2.84. The van der Waals surface area contributed by atoms with Crippen LogP contribution in [-0.2, 0) is 4.79 Å². The van der Waals surface area contributed by atoms with Crippen molar-refractivity contribution in [3.8, 4) is 0 Å². The zero-order chi connectivity index (χ0) is 10.4. The average molecular weight is 198 g/mol. The zero-order valence-corrected chi connectivity index (χ0v) is 9.09. The lowest BCUT2D eigenvalue weighted by atomic mass is 9.83. The molecule has 3 N–H and O–H groups in total. The largest absolute Gasteiger partial charge is 0.356 e. The van der Waals surface area contributed by atoms with Gasteiger partial charge >= 0.3 is 0 Å². The first-order valence-corrected chi connectivity index (χ1v) is 5.74. The average Bonchev–Trinajstić information content (AvgIpc) is 2.09. The second-order valence-electron chi connectivity index (χ2n) is 4.31. The van der Waals surface area contributed by atoms with Crippen LogP contribution in [0.1, 0.15) is 45.4 Å². The summed E-state index contributed by atoms with van der Waals surface area (Å²) in [6, 6.07) is 0.0266. The molecule has 1 rings (SSSR count). The van der Waals surface area contributed by atoms with Crippen LogP contribution in [0.15, 0.2) is 0 Å². The fourth-order valence-electron chi connectivity index (χ4n) is 1.65. The van der Waals surface area contributed by atoms with E-state index in [1.807, 2.05) is 6.92 Å². The molecule has 1 amide bonds. The Bertz CT molecular complexity index is 178. The maximum Gasteiger partial charge on any atom is 0.221 e. The van der Waals surface area contributed by atoms with Crippen molar-refractivity contribution in [3.63, 3.8) is 0 Å². The molecule has 0 bridgehead atoms. The molecule has 3 nitrogen and oxygen atoms in total. The van der Waals surface area contributed by atoms with Crippen LogP contribution in [0.4, 0.5) is 0 Å². The highest BCUT2D eigenvalue weighted by Gasteiger charge is 2.17. The van der Waals surface area contributed by atoms with Crippen LogP contribution in [0.3, 0.4) is 0 Å². The summed E-state index contributed by atoms with van der Waals surface area (Å²) in [4.78, 5) is 11.3. The van der Waals surface area contributed by atoms with E-state index < -0.39 is 0 Å². The summed E-state index contributed by atoms with van der Waals surface area (Å²) >= 11 is 0. The smallest absolute Gasteiger partial charge is 0.221 e. The minimum atomic E-state index is 0.0266. The normalized spacial score (nSPS) is 18.7. The van der Waals surface area contributed by atoms with E-state index in [0.717, 1.165) is 25.3 Å². The molecule has 1 atom stereocenters. The molecule has 0 spiro atoms. The molecular formula is C11H22N2O. The highest BCUT2D eigenvalue weighted by molar-refractivity contribution is 5.76. The van der Waals surface area contributed by atoms with Crippen LogP contribution < -0.4 is 11.1 Å². The first kappa shape index (κ1) is 11.5. The molecule has 0 radical (unpaired) electrons. The van der Waals surface area contributed by atoms with Crippen molar-refractivity contribution >= 4 is 5.91 Å². The van der Waals surface area contributed by atoms with Crippen molar-refractivity contribution < 1.29 is 4.79 Å². The SMILES string of the molecule is CCC(N)CC(=O)NCCC1CCC1. The summed E-state index contributed by atoms with van der Waals surface area (Å²) < 4.78 is 0. The quantitative estimate of drug-likeness (QED) is 0.678. The molecule has 82 valence electrons. The first-order valence-electron chi connectivity index (χ1n) is 5.74. The summed E-state index contributed by atoms with van der Waals surface area (Å²) in [6.07, 6.45) is 6.57. The molecular weight excluding hydrogens is 176 g/mol. The van der Waals surface area contributed by atoms with Gasteiger partial charge in [-0.05, 0) is 18.8 Å². The van der Waals surface area contributed by atoms with E-state index in [4.69, 9.17) is 5.73 Å². The summed E-state index contributed by atoms with van der Waals surface area (Å²) in [5, 5.41) is 2.93. The Morgan fingerprint density at radius 2 is 2.29 bits per heavy atom. The minimum absolute atomic E-state index is 0.0266. The topological polar surface area (TPSA) is 55.1 Å². The molecule has 0 saturated heterocycles. The predicted octanol–water partition coefficient (Wildman–Crippen LogP) is 1.42. The van der Waals surface area contributed by atoms with Crippen LogP contribution in [0.5, 0.6) is 0 Å². The second kappa shape index (κ2) is 6.02. The molecule has 0 aromatic carbocycles. The van der Waals surface area contributed by atoms with Gasteiger partial charge in [0.15, 0.2) is 0 Å². The van der Waals surface area contributed by atoms with Crippen molar-refractivity contribution in [1.29, 1.82) is 0 Å². The third-order valence-corrected chi connectivity index (χ3v) is 3.07. The number of amides is 1. The lowest BCUT2D eigenvalue weighted by Gasteiger charge is -2.25. The predicted molar refractivity (Wildman–Crippen MR) is 57.9 cm³/mol. The van der Waals surface area contributed by atoms with Gasteiger partial charge in [0.1, 0.15) is 0 Å². The fourth-order valence-corrected chi connectivity index (χ4v) is 1.65. The van der Waals surface area contributed by atoms with Gasteiger partial charge in [0.25, 0.3) is 0 Å². The third-order valence-electron chi connectivity index (χ3n) is 3.07. The lowest BCUT2D eigenvalue weighted by Crippen LogP contribution is -2.32. The summed E-state index contributed by atoms with van der Waals surface area (Å²) in [5.41, 5.74) is 5.68. The Morgan fingerprint density at radius 1 is 1.57 bits per heavy atom. The molecule has 1 fully saturated rings. The molecule has 1 aliphatic carbocycles. The monoisotopic (exact) mass is 198 g/mol. The number of nitrogens with one attached hydrogen (secondary N) is 1. The van der Waals surface area contributed by atoms with E-state index >= 15 is 0 Å². The van der Waals surface area contributed by atoms with Gasteiger partial charge in [-0.3, -0.25) is 4.79 Å². The zero-order valence-electron chi connectivity index (χ0n) is 9.09. The van der Waals surface area contributed by atoms with Crippen molar-refractivity contribution in [2.75, 3.05) is 6.54 Å². The third kappa shape index (κ3) is 4.09. The van der Waals surface area contributed by atoms with Gasteiger partial charge in [0, 0.05) is 19.0 Å². The molecule has 3 heteroatoms. The molecule has 14 heavy (non-hydrogen) atoms. The van der Waals surface area contributed by atoms with E-state index in [-0.39, 0.29) is 11.9 Å². The van der Waals surface area contributed by atoms with E-state index in [9.17, 15) is 4.79 Å². The van der Waals surface area contributed by atoms with Gasteiger partial charge < -0.3 is 11.1 Å². The minimum Gasteiger partial charge on any atom is -0.356 e. The van der Waals surface area contributed by atoms with E-state index in [0.29, 0.717) is 6.42 Å². The highest BCUT2D eigenvalue weighted by Crippen LogP contribution is 2.28. The van der Waals surface area contributed by atoms with Crippen molar-refractivity contribution in [1.82, 2.24) is 5.32 Å². The van der Waals surface area contributed by atoms with E-state index in [1.54, 1.807) is 0 Å². The Kier molecular flexibility index (Phi) is 4.94. The molecule has 0 aromatic heterocycles. The second-order valence-corrected chi connectivity index (χ2v) is 4.31. The number of rotatable bonds is 6. The van der Waals surface area contributed by atoms with Gasteiger partial charge in [-0.1, -0.05) is 26.2 Å². The van der Waals surface area contributed by atoms with Gasteiger partial charge in [-0.2, -0.15) is 0 Å². The van der Waals surface area contributed by atoms with Crippen LogP contribution in [0, 0.1) is 5.92 Å². The van der Waals surface area contributed by atoms with Gasteiger partial charge in [0.2, 0.25) is 5.91 Å². The number of carbonyl (C=O) groups excluding carboxylic acids is 1. The van der Waals surface area contributed by atoms with Crippen molar-refractivity contribution in [2.24, 2.45) is 11.7 Å². The molecule has 1 unspecified atom stereocenters.